The summed E-state index contributed by atoms with van der Waals surface area (Å²) in [5.74, 6) is 2.61. The number of carbonyl (C=O) groups excluding carboxylic acids is 1. The Morgan fingerprint density at radius 3 is 2.65 bits per heavy atom. The third-order valence-electron chi connectivity index (χ3n) is 14.6. The van der Waals surface area contributed by atoms with Crippen LogP contribution < -0.4 is 16.0 Å². The lowest BCUT2D eigenvalue weighted by Crippen LogP contribution is -2.53. The summed E-state index contributed by atoms with van der Waals surface area (Å²) in [4.78, 5) is 33.3. The standard InChI is InChI=1S/C47H59N9O3S/c1-29-33-11-10-18-56(42(33)54-53-41(29)52-44-50-36-12-6-7-13-37(36)60-44)38-15-14-34-39(35(48)25-58-43(57)40(34)51-38)30(2)49-24-32-22-46(4)26-45(3)21-31(32)23-47(27-45,28-46)59-20-19-55-16-8-5-9-17-55/h6-7,12-15,31-32H,5,8-11,16-28,48H2,1-4H3,(H,50,52,53). The van der Waals surface area contributed by atoms with E-state index in [4.69, 9.17) is 35.3 Å². The molecule has 4 saturated carbocycles. The van der Waals surface area contributed by atoms with E-state index in [-0.39, 0.29) is 23.3 Å². The van der Waals surface area contributed by atoms with Crippen molar-refractivity contribution in [2.24, 2.45) is 33.4 Å². The van der Waals surface area contributed by atoms with Gasteiger partial charge in [-0.15, -0.1) is 10.2 Å². The molecule has 7 aliphatic rings. The summed E-state index contributed by atoms with van der Waals surface area (Å²) in [5.41, 5.74) is 13.3. The zero-order chi connectivity index (χ0) is 41.2. The molecule has 1 saturated heterocycles. The van der Waals surface area contributed by atoms with Crippen molar-refractivity contribution >= 4 is 61.4 Å². The van der Waals surface area contributed by atoms with E-state index >= 15 is 0 Å². The molecule has 0 radical (unpaired) electrons. The summed E-state index contributed by atoms with van der Waals surface area (Å²) >= 11 is 1.59. The quantitative estimate of drug-likeness (QED) is 0.117. The minimum absolute atomic E-state index is 0.00581. The summed E-state index contributed by atoms with van der Waals surface area (Å²) < 4.78 is 13.9. The maximum Gasteiger partial charge on any atom is 0.358 e. The minimum atomic E-state index is -0.490. The number of fused-ring (bicyclic) bond motifs is 4. The highest BCUT2D eigenvalue weighted by Crippen LogP contribution is 2.66. The van der Waals surface area contributed by atoms with E-state index < -0.39 is 5.97 Å². The topological polar surface area (TPSA) is 144 Å². The fourth-order valence-electron chi connectivity index (χ4n) is 12.6. The van der Waals surface area contributed by atoms with Crippen molar-refractivity contribution in [3.05, 3.63) is 64.5 Å². The first-order valence-electron chi connectivity index (χ1n) is 22.3. The van der Waals surface area contributed by atoms with Crippen LogP contribution in [0.1, 0.15) is 112 Å². The number of pyridine rings is 1. The molecular weight excluding hydrogens is 771 g/mol. The number of hydrogen-bond donors (Lipinski definition) is 2. The predicted octanol–water partition coefficient (Wildman–Crippen LogP) is 8.79. The minimum Gasteiger partial charge on any atom is -0.455 e. The molecule has 0 amide bonds. The SMILES string of the molecule is CC(=NCC1CC2(C)CC3(C)CC1CC(OCCN1CCCCC1)(C2)C3)C1=C(N)COC(=O)c2nc(N3CCCc4c3nnc(Nc3nc5ccccc5s3)c4C)ccc21. The average Bonchev–Trinajstić information content (AvgIpc) is 3.52. The Balaban J connectivity index is 0.881. The normalized spacial score (nSPS) is 29.3. The van der Waals surface area contributed by atoms with Gasteiger partial charge in [0.1, 0.15) is 12.4 Å². The number of anilines is 4. The highest BCUT2D eigenvalue weighted by Gasteiger charge is 2.60. The van der Waals surface area contributed by atoms with E-state index in [1.807, 2.05) is 37.3 Å². The molecule has 4 aliphatic carbocycles. The van der Waals surface area contributed by atoms with Crippen molar-refractivity contribution in [3.8, 4) is 0 Å². The number of hydrogen-bond acceptors (Lipinski definition) is 13. The van der Waals surface area contributed by atoms with Gasteiger partial charge in [-0.05, 0) is 138 Å². The number of nitrogens with two attached hydrogens (primary N) is 1. The number of rotatable bonds is 10. The van der Waals surface area contributed by atoms with Gasteiger partial charge in [-0.2, -0.15) is 0 Å². The summed E-state index contributed by atoms with van der Waals surface area (Å²) in [6, 6.07) is 12.0. The van der Waals surface area contributed by atoms with Crippen molar-refractivity contribution in [1.82, 2.24) is 25.1 Å². The van der Waals surface area contributed by atoms with E-state index in [1.54, 1.807) is 11.3 Å². The van der Waals surface area contributed by atoms with E-state index in [9.17, 15) is 4.79 Å². The van der Waals surface area contributed by atoms with Gasteiger partial charge in [0.05, 0.1) is 28.1 Å². The Kier molecular flexibility index (Phi) is 10.2. The molecule has 316 valence electrons. The van der Waals surface area contributed by atoms with Crippen LogP contribution in [0.2, 0.25) is 0 Å². The highest BCUT2D eigenvalue weighted by molar-refractivity contribution is 7.22. The number of piperidine rings is 1. The van der Waals surface area contributed by atoms with Crippen LogP contribution in [0.3, 0.4) is 0 Å². The molecule has 5 atom stereocenters. The molecule has 5 fully saturated rings. The van der Waals surface area contributed by atoms with Crippen molar-refractivity contribution in [1.29, 1.82) is 0 Å². The fraction of sp³-hybridized carbons (Fsp3) is 0.574. The maximum absolute atomic E-state index is 13.6. The van der Waals surface area contributed by atoms with Crippen LogP contribution in [-0.2, 0) is 15.9 Å². The van der Waals surface area contributed by atoms with Crippen molar-refractivity contribution < 1.29 is 14.3 Å². The van der Waals surface area contributed by atoms with Gasteiger partial charge in [-0.3, -0.25) is 4.99 Å². The second kappa shape index (κ2) is 15.5. The molecular formula is C47H59N9O3S. The first-order valence-corrected chi connectivity index (χ1v) is 23.1. The van der Waals surface area contributed by atoms with Gasteiger partial charge in [-0.1, -0.05) is 43.7 Å². The summed E-state index contributed by atoms with van der Waals surface area (Å²) in [5, 5.41) is 13.5. The van der Waals surface area contributed by atoms with Gasteiger partial charge in [-0.25, -0.2) is 14.8 Å². The summed E-state index contributed by atoms with van der Waals surface area (Å²) in [6.07, 6.45) is 12.9. The van der Waals surface area contributed by atoms with Crippen molar-refractivity contribution in [3.63, 3.8) is 0 Å². The van der Waals surface area contributed by atoms with E-state index in [0.717, 1.165) is 95.4 Å². The third kappa shape index (κ3) is 7.48. The molecule has 13 heteroatoms. The molecule has 11 rings (SSSR count). The number of aromatic nitrogens is 4. The smallest absolute Gasteiger partial charge is 0.358 e. The van der Waals surface area contributed by atoms with Gasteiger partial charge in [0.2, 0.25) is 0 Å². The van der Waals surface area contributed by atoms with Crippen LogP contribution in [0.4, 0.5) is 22.6 Å². The van der Waals surface area contributed by atoms with Crippen molar-refractivity contribution in [2.75, 3.05) is 56.2 Å². The fourth-order valence-corrected chi connectivity index (χ4v) is 13.5. The molecule has 3 aromatic heterocycles. The Bertz CT molecular complexity index is 2360. The highest BCUT2D eigenvalue weighted by atomic mass is 32.1. The molecule has 3 aliphatic heterocycles. The number of para-hydroxylation sites is 1. The van der Waals surface area contributed by atoms with E-state index in [1.165, 1.54) is 51.6 Å². The first kappa shape index (κ1) is 39.7. The van der Waals surface area contributed by atoms with Crippen LogP contribution in [0.15, 0.2) is 47.1 Å². The zero-order valence-electron chi connectivity index (χ0n) is 35.7. The second-order valence-corrected chi connectivity index (χ2v) is 20.6. The summed E-state index contributed by atoms with van der Waals surface area (Å²) in [6.45, 7) is 14.9. The number of cyclic esters (lactones) is 1. The first-order chi connectivity index (χ1) is 29.0. The van der Waals surface area contributed by atoms with Gasteiger partial charge in [0.25, 0.3) is 0 Å². The number of aliphatic imine (C=N–C) groups is 1. The number of thiazole rings is 1. The largest absolute Gasteiger partial charge is 0.455 e. The number of carbonyl (C=O) groups is 1. The number of nitrogens with one attached hydrogen (secondary N) is 1. The predicted molar refractivity (Wildman–Crippen MR) is 238 cm³/mol. The van der Waals surface area contributed by atoms with Crippen LogP contribution in [0, 0.1) is 29.6 Å². The Morgan fingerprint density at radius 1 is 1.00 bits per heavy atom. The molecule has 1 aromatic carbocycles. The van der Waals surface area contributed by atoms with Gasteiger partial charge < -0.3 is 30.3 Å². The monoisotopic (exact) mass is 829 g/mol. The Morgan fingerprint density at radius 2 is 1.82 bits per heavy atom. The molecule has 0 spiro atoms. The van der Waals surface area contributed by atoms with Crippen LogP contribution >= 0.6 is 11.3 Å². The van der Waals surface area contributed by atoms with E-state index in [0.29, 0.717) is 46.7 Å². The molecule has 6 heterocycles. The summed E-state index contributed by atoms with van der Waals surface area (Å²) in [7, 11) is 0. The third-order valence-corrected chi connectivity index (χ3v) is 15.5. The average molecular weight is 830 g/mol. The Hall–Kier alpha value is -4.46. The lowest BCUT2D eigenvalue weighted by molar-refractivity contribution is -0.166. The van der Waals surface area contributed by atoms with Crippen LogP contribution in [0.25, 0.3) is 15.8 Å². The number of allylic oxidation sites excluding steroid dienone is 1. The van der Waals surface area contributed by atoms with Gasteiger partial charge >= 0.3 is 5.97 Å². The van der Waals surface area contributed by atoms with Crippen molar-refractivity contribution in [2.45, 2.75) is 104 Å². The number of benzene rings is 1. The molecule has 4 bridgehead atoms. The van der Waals surface area contributed by atoms with Gasteiger partial charge in [0, 0.05) is 47.6 Å². The number of esters is 1. The Labute approximate surface area is 357 Å². The molecule has 5 unspecified atom stereocenters. The molecule has 4 aromatic rings. The van der Waals surface area contributed by atoms with Crippen LogP contribution in [-0.4, -0.2) is 88.3 Å². The number of likely N-dealkylation sites (tertiary alicyclic amines) is 1. The molecule has 60 heavy (non-hydrogen) atoms. The number of ether oxygens (including phenoxy) is 2. The zero-order valence-corrected chi connectivity index (χ0v) is 36.5. The van der Waals surface area contributed by atoms with Crippen LogP contribution in [0.5, 0.6) is 0 Å². The lowest BCUT2D eigenvalue weighted by Gasteiger charge is -2.56. The lowest BCUT2D eigenvalue weighted by atomic mass is 9.53. The molecule has 12 nitrogen and oxygen atoms in total. The second-order valence-electron chi connectivity index (χ2n) is 19.5. The maximum atomic E-state index is 13.6. The van der Waals surface area contributed by atoms with E-state index in [2.05, 4.69) is 47.1 Å². The van der Waals surface area contributed by atoms with Gasteiger partial charge in [0.15, 0.2) is 22.5 Å². The number of nitrogens with zero attached hydrogens (tertiary/aromatic N) is 7. The molecule has 3 N–H and O–H groups in total.